The molecule has 1 aliphatic carbocycles. The van der Waals surface area contributed by atoms with E-state index in [0.717, 1.165) is 37.7 Å². The summed E-state index contributed by atoms with van der Waals surface area (Å²) in [6.45, 7) is 3.40. The highest BCUT2D eigenvalue weighted by atomic mass is 19.4. The Bertz CT molecular complexity index is 1470. The maximum atomic E-state index is 15.1. The topological polar surface area (TPSA) is 80.5 Å². The second-order valence-corrected chi connectivity index (χ2v) is 11.1. The van der Waals surface area contributed by atoms with Crippen molar-refractivity contribution in [3.63, 3.8) is 0 Å². The van der Waals surface area contributed by atoms with Crippen molar-refractivity contribution in [1.82, 2.24) is 15.2 Å². The molecule has 11 heteroatoms. The first-order chi connectivity index (χ1) is 20.1. The summed E-state index contributed by atoms with van der Waals surface area (Å²) in [7, 11) is 2.00. The maximum Gasteiger partial charge on any atom is 0.417 e. The minimum absolute atomic E-state index is 0.256. The Morgan fingerprint density at radius 1 is 1.00 bits per heavy atom. The van der Waals surface area contributed by atoms with Crippen LogP contribution in [0, 0.1) is 5.82 Å². The molecule has 0 atom stereocenters. The molecule has 1 aliphatic heterocycles. The fraction of sp³-hybridized carbons (Fsp3) is 0.419. The Morgan fingerprint density at radius 3 is 2.45 bits per heavy atom. The number of carbonyl (C=O) groups is 1. The predicted molar refractivity (Wildman–Crippen MR) is 155 cm³/mol. The Kier molecular flexibility index (Phi) is 8.98. The number of piperazine rings is 1. The minimum atomic E-state index is -4.90. The van der Waals surface area contributed by atoms with Gasteiger partial charge in [-0.15, -0.1) is 0 Å². The van der Waals surface area contributed by atoms with Crippen LogP contribution in [0.2, 0.25) is 0 Å². The van der Waals surface area contributed by atoms with Crippen molar-refractivity contribution in [2.24, 2.45) is 0 Å². The molecule has 0 unspecified atom stereocenters. The number of aromatic nitrogens is 1. The van der Waals surface area contributed by atoms with Crippen LogP contribution in [0.15, 0.2) is 53.5 Å². The van der Waals surface area contributed by atoms with E-state index in [1.165, 1.54) is 25.3 Å². The van der Waals surface area contributed by atoms with Crippen molar-refractivity contribution in [1.29, 1.82) is 0 Å². The Hall–Kier alpha value is -3.70. The van der Waals surface area contributed by atoms with Crippen LogP contribution in [0.4, 0.5) is 28.9 Å². The van der Waals surface area contributed by atoms with Crippen LogP contribution in [0.3, 0.4) is 0 Å². The van der Waals surface area contributed by atoms with Gasteiger partial charge in [-0.25, -0.2) is 4.39 Å². The van der Waals surface area contributed by atoms with Crippen LogP contribution in [0.1, 0.15) is 53.6 Å². The van der Waals surface area contributed by atoms with Gasteiger partial charge in [-0.1, -0.05) is 31.4 Å². The minimum Gasteiger partial charge on any atom is -0.367 e. The van der Waals surface area contributed by atoms with E-state index in [9.17, 15) is 22.8 Å². The number of hydrogen-bond donors (Lipinski definition) is 3. The lowest BCUT2D eigenvalue weighted by Crippen LogP contribution is -2.44. The van der Waals surface area contributed by atoms with Crippen LogP contribution >= 0.6 is 0 Å². The highest BCUT2D eigenvalue weighted by Crippen LogP contribution is 2.36. The molecule has 1 amide bonds. The molecule has 2 aromatic carbocycles. The average Bonchev–Trinajstić information content (AvgIpc) is 2.97. The third-order valence-electron chi connectivity index (χ3n) is 8.10. The number of carbonyl (C=O) groups excluding carboxylic acids is 1. The molecular formula is C31H35F4N5O2. The molecule has 2 aliphatic rings. The molecule has 0 bridgehead atoms. The summed E-state index contributed by atoms with van der Waals surface area (Å²) in [5.74, 6) is -1.47. The summed E-state index contributed by atoms with van der Waals surface area (Å²) in [4.78, 5) is 31.2. The number of likely N-dealkylation sites (N-methyl/N-ethyl adjacent to an activating group) is 1. The number of alkyl halides is 3. The number of benzene rings is 2. The van der Waals surface area contributed by atoms with Gasteiger partial charge in [0.25, 0.3) is 5.91 Å². The van der Waals surface area contributed by atoms with Crippen molar-refractivity contribution >= 4 is 17.3 Å². The van der Waals surface area contributed by atoms with Gasteiger partial charge >= 0.3 is 6.18 Å². The molecule has 2 heterocycles. The van der Waals surface area contributed by atoms with Crippen LogP contribution < -0.4 is 21.1 Å². The van der Waals surface area contributed by atoms with Crippen molar-refractivity contribution < 1.29 is 22.4 Å². The molecule has 5 rings (SSSR count). The maximum absolute atomic E-state index is 15.1. The van der Waals surface area contributed by atoms with Gasteiger partial charge in [0, 0.05) is 56.6 Å². The number of halogens is 4. The van der Waals surface area contributed by atoms with Crippen molar-refractivity contribution in [3.8, 4) is 11.1 Å². The van der Waals surface area contributed by atoms with E-state index in [2.05, 4.69) is 20.5 Å². The van der Waals surface area contributed by atoms with Crippen molar-refractivity contribution in [2.45, 2.75) is 50.9 Å². The van der Waals surface area contributed by atoms with Gasteiger partial charge in [-0.3, -0.25) is 9.59 Å². The summed E-state index contributed by atoms with van der Waals surface area (Å²) in [6.07, 6.45) is 1.75. The van der Waals surface area contributed by atoms with Gasteiger partial charge in [0.2, 0.25) is 5.56 Å². The van der Waals surface area contributed by atoms with E-state index in [1.54, 1.807) is 30.3 Å². The number of H-pyrrole nitrogens is 1. The number of anilines is 2. The molecule has 0 spiro atoms. The third-order valence-corrected chi connectivity index (χ3v) is 8.10. The van der Waals surface area contributed by atoms with Gasteiger partial charge in [0.1, 0.15) is 5.82 Å². The number of rotatable bonds is 7. The first-order valence-corrected chi connectivity index (χ1v) is 14.3. The van der Waals surface area contributed by atoms with Gasteiger partial charge in [0.05, 0.1) is 22.5 Å². The lowest BCUT2D eigenvalue weighted by Gasteiger charge is -2.35. The number of nitrogens with zero attached hydrogens (tertiary/aromatic N) is 2. The average molecular weight is 586 g/mol. The Morgan fingerprint density at radius 2 is 1.74 bits per heavy atom. The van der Waals surface area contributed by atoms with E-state index in [0.29, 0.717) is 48.6 Å². The fourth-order valence-electron chi connectivity index (χ4n) is 5.68. The van der Waals surface area contributed by atoms with E-state index in [1.807, 2.05) is 11.9 Å². The quantitative estimate of drug-likeness (QED) is 0.314. The molecule has 3 aromatic rings. The zero-order chi connectivity index (χ0) is 29.9. The molecule has 3 N–H and O–H groups in total. The molecule has 1 saturated heterocycles. The largest absolute Gasteiger partial charge is 0.417 e. The Labute approximate surface area is 241 Å². The van der Waals surface area contributed by atoms with Gasteiger partial charge < -0.3 is 25.4 Å². The van der Waals surface area contributed by atoms with E-state index in [4.69, 9.17) is 0 Å². The van der Waals surface area contributed by atoms with Crippen LogP contribution in [-0.2, 0) is 12.7 Å². The smallest absolute Gasteiger partial charge is 0.367 e. The molecular weight excluding hydrogens is 550 g/mol. The number of aromatic amines is 1. The van der Waals surface area contributed by atoms with Crippen LogP contribution in [0.5, 0.6) is 0 Å². The molecule has 42 heavy (non-hydrogen) atoms. The normalized spacial score (nSPS) is 16.9. The highest BCUT2D eigenvalue weighted by Gasteiger charge is 2.36. The zero-order valence-corrected chi connectivity index (χ0v) is 23.5. The number of nitrogens with one attached hydrogen (secondary N) is 3. The number of amides is 1. The van der Waals surface area contributed by atoms with Gasteiger partial charge in [-0.2, -0.15) is 13.2 Å². The standard InChI is InChI=1S/C31H35F4N5O2/c1-39-11-13-40(14-12-39)28-10-8-21(23-15-20(7-9-26(23)32)18-36-22-5-3-2-4-6-22)16-27(28)38-30(42)24-19-37-29(41)17-25(24)31(33,34)35/h7-10,15-17,19,22,36H,2-6,11-14,18H2,1H3,(H,37,41)(H,38,42). The van der Waals surface area contributed by atoms with Gasteiger partial charge in [-0.05, 0) is 55.3 Å². The van der Waals surface area contributed by atoms with Crippen molar-refractivity contribution in [2.75, 3.05) is 43.4 Å². The molecule has 7 nitrogen and oxygen atoms in total. The monoisotopic (exact) mass is 585 g/mol. The molecule has 224 valence electrons. The third kappa shape index (κ3) is 7.01. The van der Waals surface area contributed by atoms with E-state index in [-0.39, 0.29) is 5.69 Å². The lowest BCUT2D eigenvalue weighted by molar-refractivity contribution is -0.138. The SMILES string of the molecule is CN1CCN(c2ccc(-c3cc(CNC4CCCCC4)ccc3F)cc2NC(=O)c2c[nH]c(=O)cc2C(F)(F)F)CC1. The van der Waals surface area contributed by atoms with Crippen molar-refractivity contribution in [3.05, 3.63) is 81.5 Å². The first-order valence-electron chi connectivity index (χ1n) is 14.3. The highest BCUT2D eigenvalue weighted by molar-refractivity contribution is 6.07. The Balaban J connectivity index is 1.48. The zero-order valence-electron chi connectivity index (χ0n) is 23.5. The molecule has 2 fully saturated rings. The van der Waals surface area contributed by atoms with E-state index < -0.39 is 34.6 Å². The first kappa shape index (κ1) is 29.8. The summed E-state index contributed by atoms with van der Waals surface area (Å²) in [6, 6.07) is 10.9. The van der Waals surface area contributed by atoms with Crippen LogP contribution in [0.25, 0.3) is 11.1 Å². The molecule has 0 radical (unpaired) electrons. The fourth-order valence-corrected chi connectivity index (χ4v) is 5.68. The molecule has 1 saturated carbocycles. The summed E-state index contributed by atoms with van der Waals surface area (Å²) in [5.41, 5.74) is -0.401. The number of pyridine rings is 1. The summed E-state index contributed by atoms with van der Waals surface area (Å²) < 4.78 is 56.2. The lowest BCUT2D eigenvalue weighted by atomic mass is 9.95. The second-order valence-electron chi connectivity index (χ2n) is 11.1. The summed E-state index contributed by atoms with van der Waals surface area (Å²) >= 11 is 0. The second kappa shape index (κ2) is 12.7. The van der Waals surface area contributed by atoms with Crippen LogP contribution in [-0.4, -0.2) is 55.1 Å². The van der Waals surface area contributed by atoms with Gasteiger partial charge in [0.15, 0.2) is 0 Å². The predicted octanol–water partition coefficient (Wildman–Crippen LogP) is 5.63. The summed E-state index contributed by atoms with van der Waals surface area (Å²) in [5, 5.41) is 6.19. The van der Waals surface area contributed by atoms with E-state index >= 15 is 4.39 Å². The molecule has 1 aromatic heterocycles. The number of hydrogen-bond acceptors (Lipinski definition) is 5.